The van der Waals surface area contributed by atoms with Gasteiger partial charge in [0.1, 0.15) is 17.3 Å². The highest BCUT2D eigenvalue weighted by Gasteiger charge is 2.17. The van der Waals surface area contributed by atoms with Crippen LogP contribution in [0, 0.1) is 12.4 Å². The van der Waals surface area contributed by atoms with Gasteiger partial charge in [0.25, 0.3) is 5.89 Å². The summed E-state index contributed by atoms with van der Waals surface area (Å²) in [5.74, 6) is 0.153. The van der Waals surface area contributed by atoms with Crippen molar-refractivity contribution in [3.63, 3.8) is 0 Å². The zero-order valence-electron chi connectivity index (χ0n) is 18.6. The predicted octanol–water partition coefficient (Wildman–Crippen LogP) is 5.60. The molecule has 0 radical (unpaired) electrons. The highest BCUT2D eigenvalue weighted by Crippen LogP contribution is 2.34. The molecule has 1 heterocycles. The zero-order chi connectivity index (χ0) is 23.8. The van der Waals surface area contributed by atoms with Gasteiger partial charge in [-0.1, -0.05) is 5.16 Å². The second kappa shape index (κ2) is 11.1. The molecular weight excluding hydrogens is 429 g/mol. The third-order valence-corrected chi connectivity index (χ3v) is 4.40. The third kappa shape index (κ3) is 6.29. The number of carbonyl (C=O) groups is 1. The van der Waals surface area contributed by atoms with E-state index in [0.29, 0.717) is 35.8 Å². The van der Waals surface area contributed by atoms with Crippen LogP contribution in [0.4, 0.5) is 10.1 Å². The summed E-state index contributed by atoms with van der Waals surface area (Å²) in [7, 11) is 0. The lowest BCUT2D eigenvalue weighted by atomic mass is 10.1. The number of hydrogen-bond acceptors (Lipinski definition) is 7. The average Bonchev–Trinajstić information content (AvgIpc) is 3.27. The molecule has 1 aromatic heterocycles. The minimum atomic E-state index is -0.576. The molecule has 0 unspecified atom stereocenters. The molecule has 172 valence electrons. The van der Waals surface area contributed by atoms with Crippen molar-refractivity contribution in [1.82, 2.24) is 10.1 Å². The van der Waals surface area contributed by atoms with Crippen LogP contribution in [-0.4, -0.2) is 35.4 Å². The Morgan fingerprint density at radius 2 is 2.06 bits per heavy atom. The van der Waals surface area contributed by atoms with E-state index in [1.165, 1.54) is 12.1 Å². The molecule has 0 bridgehead atoms. The Balaban J connectivity index is 1.69. The van der Waals surface area contributed by atoms with E-state index in [9.17, 15) is 9.18 Å². The maximum atomic E-state index is 14.6. The standard InChI is InChI=1S/C24H24FN3O5/c1-5-30-22(29)7-6-12-31-17-9-10-18(19(25)14-17)23-27-24(33-28-23)16-8-11-21(32-15(2)3)20(13-16)26-4/h8-11,13-15H,5-7,12H2,1-3H3. The van der Waals surface area contributed by atoms with Gasteiger partial charge >= 0.3 is 5.97 Å². The van der Waals surface area contributed by atoms with Crippen molar-refractivity contribution >= 4 is 11.7 Å². The number of aromatic nitrogens is 2. The fraction of sp³-hybridized carbons (Fsp3) is 0.333. The van der Waals surface area contributed by atoms with Crippen molar-refractivity contribution in [2.45, 2.75) is 39.7 Å². The number of nitrogens with zero attached hydrogens (tertiary/aromatic N) is 3. The van der Waals surface area contributed by atoms with E-state index in [1.54, 1.807) is 31.2 Å². The van der Waals surface area contributed by atoms with Gasteiger partial charge in [-0.2, -0.15) is 4.98 Å². The zero-order valence-corrected chi connectivity index (χ0v) is 18.6. The molecule has 0 aliphatic rings. The van der Waals surface area contributed by atoms with Gasteiger partial charge in [-0.15, -0.1) is 0 Å². The molecular formula is C24H24FN3O5. The number of esters is 1. The fourth-order valence-corrected chi connectivity index (χ4v) is 2.95. The monoisotopic (exact) mass is 453 g/mol. The van der Waals surface area contributed by atoms with Crippen LogP contribution in [0.5, 0.6) is 11.5 Å². The Kier molecular flexibility index (Phi) is 7.97. The molecule has 0 saturated heterocycles. The minimum absolute atomic E-state index is 0.0705. The second-order valence-electron chi connectivity index (χ2n) is 7.28. The number of hydrogen-bond donors (Lipinski definition) is 0. The maximum absolute atomic E-state index is 14.6. The van der Waals surface area contributed by atoms with Gasteiger partial charge in [0.05, 0.1) is 31.5 Å². The van der Waals surface area contributed by atoms with Crippen molar-refractivity contribution < 1.29 is 27.9 Å². The summed E-state index contributed by atoms with van der Waals surface area (Å²) in [6, 6.07) is 9.27. The Bertz CT molecular complexity index is 1150. The summed E-state index contributed by atoms with van der Waals surface area (Å²) in [5, 5.41) is 3.86. The molecule has 8 nitrogen and oxygen atoms in total. The number of halogens is 1. The van der Waals surface area contributed by atoms with E-state index in [0.717, 1.165) is 0 Å². The topological polar surface area (TPSA) is 88.0 Å². The van der Waals surface area contributed by atoms with Gasteiger partial charge in [0.15, 0.2) is 0 Å². The number of benzene rings is 2. The van der Waals surface area contributed by atoms with Crippen molar-refractivity contribution in [2.75, 3.05) is 13.2 Å². The summed E-state index contributed by atoms with van der Waals surface area (Å²) in [4.78, 5) is 19.1. The fourth-order valence-electron chi connectivity index (χ4n) is 2.95. The molecule has 2 aromatic carbocycles. The van der Waals surface area contributed by atoms with Crippen LogP contribution in [0.15, 0.2) is 40.9 Å². The second-order valence-corrected chi connectivity index (χ2v) is 7.28. The van der Waals surface area contributed by atoms with Gasteiger partial charge in [-0.25, -0.2) is 9.24 Å². The summed E-state index contributed by atoms with van der Waals surface area (Å²) in [6.45, 7) is 13.5. The van der Waals surface area contributed by atoms with Crippen LogP contribution in [0.3, 0.4) is 0 Å². The maximum Gasteiger partial charge on any atom is 0.305 e. The number of carbonyl (C=O) groups excluding carboxylic acids is 1. The summed E-state index contributed by atoms with van der Waals surface area (Å²) in [6.07, 6.45) is 0.628. The third-order valence-electron chi connectivity index (χ3n) is 4.40. The Hall–Kier alpha value is -3.93. The molecule has 0 saturated carbocycles. The van der Waals surface area contributed by atoms with Gasteiger partial charge < -0.3 is 18.7 Å². The Morgan fingerprint density at radius 3 is 2.76 bits per heavy atom. The first-order valence-electron chi connectivity index (χ1n) is 10.5. The molecule has 33 heavy (non-hydrogen) atoms. The first kappa shape index (κ1) is 23.7. The Labute approximate surface area is 191 Å². The lowest BCUT2D eigenvalue weighted by molar-refractivity contribution is -0.143. The molecule has 0 spiro atoms. The Morgan fingerprint density at radius 1 is 1.24 bits per heavy atom. The lowest BCUT2D eigenvalue weighted by Gasteiger charge is -2.11. The van der Waals surface area contributed by atoms with Gasteiger partial charge in [-0.05, 0) is 57.5 Å². The minimum Gasteiger partial charge on any atom is -0.502 e. The molecule has 0 aliphatic carbocycles. The van der Waals surface area contributed by atoms with E-state index < -0.39 is 5.82 Å². The van der Waals surface area contributed by atoms with E-state index in [1.807, 2.05) is 13.8 Å². The van der Waals surface area contributed by atoms with Gasteiger partial charge in [0, 0.05) is 18.1 Å². The van der Waals surface area contributed by atoms with Crippen LogP contribution in [0.25, 0.3) is 27.7 Å². The largest absolute Gasteiger partial charge is 0.502 e. The molecule has 3 rings (SSSR count). The SMILES string of the molecule is [C-]#[N+]c1cc(-c2nc(-c3ccc(OCCCC(=O)OCC)cc3F)no2)ccc1OC(C)C. The van der Waals surface area contributed by atoms with Gasteiger partial charge in [0.2, 0.25) is 11.5 Å². The average molecular weight is 453 g/mol. The first-order valence-corrected chi connectivity index (χ1v) is 10.5. The van der Waals surface area contributed by atoms with Crippen LogP contribution < -0.4 is 9.47 Å². The highest BCUT2D eigenvalue weighted by atomic mass is 19.1. The molecule has 0 fully saturated rings. The van der Waals surface area contributed by atoms with Crippen molar-refractivity contribution in [3.8, 4) is 34.3 Å². The van der Waals surface area contributed by atoms with Gasteiger partial charge in [-0.3, -0.25) is 4.79 Å². The van der Waals surface area contributed by atoms with Crippen LogP contribution in [-0.2, 0) is 9.53 Å². The van der Waals surface area contributed by atoms with E-state index in [2.05, 4.69) is 15.0 Å². The van der Waals surface area contributed by atoms with Crippen molar-refractivity contribution in [1.29, 1.82) is 0 Å². The summed E-state index contributed by atoms with van der Waals surface area (Å²) in [5.41, 5.74) is 0.989. The summed E-state index contributed by atoms with van der Waals surface area (Å²) < 4.78 is 35.9. The summed E-state index contributed by atoms with van der Waals surface area (Å²) >= 11 is 0. The predicted molar refractivity (Wildman–Crippen MR) is 119 cm³/mol. The molecule has 0 aliphatic heterocycles. The van der Waals surface area contributed by atoms with Crippen LogP contribution in [0.1, 0.15) is 33.6 Å². The first-order chi connectivity index (χ1) is 15.9. The van der Waals surface area contributed by atoms with E-state index in [-0.39, 0.29) is 42.4 Å². The van der Waals surface area contributed by atoms with Crippen LogP contribution >= 0.6 is 0 Å². The lowest BCUT2D eigenvalue weighted by Crippen LogP contribution is -2.06. The smallest absolute Gasteiger partial charge is 0.305 e. The van der Waals surface area contributed by atoms with Crippen molar-refractivity contribution in [3.05, 3.63) is 53.6 Å². The molecule has 9 heteroatoms. The molecule has 3 aromatic rings. The van der Waals surface area contributed by atoms with Crippen LogP contribution in [0.2, 0.25) is 0 Å². The van der Waals surface area contributed by atoms with E-state index in [4.69, 9.17) is 25.3 Å². The molecule has 0 amide bonds. The normalized spacial score (nSPS) is 10.7. The van der Waals surface area contributed by atoms with E-state index >= 15 is 0 Å². The quantitative estimate of drug-likeness (QED) is 0.224. The molecule has 0 N–H and O–H groups in total. The number of ether oxygens (including phenoxy) is 3. The highest BCUT2D eigenvalue weighted by molar-refractivity contribution is 5.70. The molecule has 0 atom stereocenters. The number of rotatable bonds is 10. The van der Waals surface area contributed by atoms with Crippen molar-refractivity contribution in [2.24, 2.45) is 0 Å².